The van der Waals surface area contributed by atoms with E-state index in [-0.39, 0.29) is 11.3 Å². The van der Waals surface area contributed by atoms with E-state index in [2.05, 4.69) is 15.5 Å². The van der Waals surface area contributed by atoms with Gasteiger partial charge in [0.1, 0.15) is 6.33 Å². The third-order valence-electron chi connectivity index (χ3n) is 4.07. The number of hydrogen-bond acceptors (Lipinski definition) is 6. The van der Waals surface area contributed by atoms with Crippen LogP contribution in [0, 0.1) is 10.1 Å². The molecule has 3 rings (SSSR count). The van der Waals surface area contributed by atoms with Crippen LogP contribution in [0.2, 0.25) is 10.0 Å². The first-order valence-corrected chi connectivity index (χ1v) is 9.89. The second-order valence-electron chi connectivity index (χ2n) is 6.13. The molecule has 0 fully saturated rings. The van der Waals surface area contributed by atoms with E-state index in [0.717, 1.165) is 11.8 Å². The normalized spacial score (nSPS) is 11.9. The van der Waals surface area contributed by atoms with Crippen LogP contribution in [-0.2, 0) is 7.05 Å². The summed E-state index contributed by atoms with van der Waals surface area (Å²) in [6.45, 7) is 1.76. The highest BCUT2D eigenvalue weighted by atomic mass is 35.5. The number of aryl methyl sites for hydroxylation is 1. The van der Waals surface area contributed by atoms with Crippen molar-refractivity contribution in [1.82, 2.24) is 20.1 Å². The Kier molecular flexibility index (Phi) is 6.41. The molecular formula is C18H15Cl2N5O3S. The van der Waals surface area contributed by atoms with Gasteiger partial charge in [-0.3, -0.25) is 14.9 Å². The molecule has 1 atom stereocenters. The Morgan fingerprint density at radius 3 is 2.66 bits per heavy atom. The van der Waals surface area contributed by atoms with E-state index in [1.165, 1.54) is 24.5 Å². The molecule has 2 aromatic carbocycles. The van der Waals surface area contributed by atoms with Gasteiger partial charge in [-0.05, 0) is 48.5 Å². The zero-order valence-corrected chi connectivity index (χ0v) is 17.6. The minimum Gasteiger partial charge on any atom is -0.345 e. The van der Waals surface area contributed by atoms with E-state index >= 15 is 0 Å². The van der Waals surface area contributed by atoms with Gasteiger partial charge in [0.25, 0.3) is 11.6 Å². The van der Waals surface area contributed by atoms with Crippen molar-refractivity contribution in [3.05, 3.63) is 74.0 Å². The number of amides is 1. The van der Waals surface area contributed by atoms with E-state index in [4.69, 9.17) is 23.2 Å². The quantitative estimate of drug-likeness (QED) is 0.431. The molecule has 0 aliphatic rings. The predicted molar refractivity (Wildman–Crippen MR) is 111 cm³/mol. The van der Waals surface area contributed by atoms with Crippen molar-refractivity contribution in [2.24, 2.45) is 7.05 Å². The number of rotatable bonds is 6. The summed E-state index contributed by atoms with van der Waals surface area (Å²) in [6.07, 6.45) is 1.50. The standard InChI is InChI=1S/C18H15Cl2N5O3S/c1-10(13-5-4-12(19)8-14(13)20)22-17(26)11-3-6-16(15(7-11)25(27)28)29-18-23-21-9-24(18)2/h3-10H,1-2H3,(H,22,26). The van der Waals surface area contributed by atoms with Crippen LogP contribution in [0.1, 0.15) is 28.9 Å². The highest BCUT2D eigenvalue weighted by molar-refractivity contribution is 7.99. The van der Waals surface area contributed by atoms with Crippen LogP contribution in [0.15, 0.2) is 52.8 Å². The van der Waals surface area contributed by atoms with Gasteiger partial charge in [-0.2, -0.15) is 0 Å². The number of aromatic nitrogens is 3. The van der Waals surface area contributed by atoms with E-state index < -0.39 is 16.9 Å². The molecule has 3 aromatic rings. The van der Waals surface area contributed by atoms with Crippen LogP contribution in [0.25, 0.3) is 0 Å². The predicted octanol–water partition coefficient (Wildman–Crippen LogP) is 4.67. The topological polar surface area (TPSA) is 103 Å². The molecule has 150 valence electrons. The highest BCUT2D eigenvalue weighted by Crippen LogP contribution is 2.34. The summed E-state index contributed by atoms with van der Waals surface area (Å²) >= 11 is 13.2. The third-order valence-corrected chi connectivity index (χ3v) is 5.75. The Hall–Kier alpha value is -2.62. The van der Waals surface area contributed by atoms with Gasteiger partial charge >= 0.3 is 0 Å². The lowest BCUT2D eigenvalue weighted by Crippen LogP contribution is -2.26. The lowest BCUT2D eigenvalue weighted by atomic mass is 10.1. The van der Waals surface area contributed by atoms with E-state index in [1.54, 1.807) is 36.7 Å². The number of nitro benzene ring substituents is 1. The zero-order chi connectivity index (χ0) is 21.1. The Labute approximate surface area is 180 Å². The maximum absolute atomic E-state index is 12.6. The van der Waals surface area contributed by atoms with Gasteiger partial charge < -0.3 is 9.88 Å². The first-order chi connectivity index (χ1) is 13.8. The first kappa shape index (κ1) is 21.1. The number of halogens is 2. The van der Waals surface area contributed by atoms with Gasteiger partial charge in [0, 0.05) is 28.7 Å². The second-order valence-corrected chi connectivity index (χ2v) is 7.98. The van der Waals surface area contributed by atoms with Crippen LogP contribution in [0.5, 0.6) is 0 Å². The van der Waals surface area contributed by atoms with Crippen molar-refractivity contribution < 1.29 is 9.72 Å². The lowest BCUT2D eigenvalue weighted by Gasteiger charge is -2.16. The molecule has 0 saturated carbocycles. The van der Waals surface area contributed by atoms with E-state index in [9.17, 15) is 14.9 Å². The minimum absolute atomic E-state index is 0.163. The van der Waals surface area contributed by atoms with Crippen LogP contribution in [-0.4, -0.2) is 25.6 Å². The summed E-state index contributed by atoms with van der Waals surface area (Å²) in [4.78, 5) is 24.0. The fourth-order valence-electron chi connectivity index (χ4n) is 2.56. The van der Waals surface area contributed by atoms with Crippen LogP contribution >= 0.6 is 35.0 Å². The second kappa shape index (κ2) is 8.81. The molecular weight excluding hydrogens is 437 g/mol. The SMILES string of the molecule is CC(NC(=O)c1ccc(Sc2nncn2C)c([N+](=O)[O-])c1)c1ccc(Cl)cc1Cl. The van der Waals surface area contributed by atoms with Crippen LogP contribution < -0.4 is 5.32 Å². The summed E-state index contributed by atoms with van der Waals surface area (Å²) in [5, 5.41) is 23.4. The van der Waals surface area contributed by atoms with Crippen LogP contribution in [0.4, 0.5) is 5.69 Å². The Bertz CT molecular complexity index is 1090. The number of hydrogen-bond donors (Lipinski definition) is 1. The van der Waals surface area contributed by atoms with Crippen molar-refractivity contribution >= 4 is 46.6 Å². The molecule has 0 radical (unpaired) electrons. The molecule has 11 heteroatoms. The molecule has 0 aliphatic carbocycles. The Balaban J connectivity index is 1.82. The number of nitrogens with one attached hydrogen (secondary N) is 1. The maximum Gasteiger partial charge on any atom is 0.284 e. The Morgan fingerprint density at radius 2 is 2.03 bits per heavy atom. The fraction of sp³-hybridized carbons (Fsp3) is 0.167. The molecule has 1 unspecified atom stereocenters. The molecule has 1 aromatic heterocycles. The van der Waals surface area contributed by atoms with Gasteiger partial charge in [-0.15, -0.1) is 10.2 Å². The zero-order valence-electron chi connectivity index (χ0n) is 15.3. The van der Waals surface area contributed by atoms with Gasteiger partial charge in [0.05, 0.1) is 15.9 Å². The number of carbonyl (C=O) groups is 1. The number of nitrogens with zero attached hydrogens (tertiary/aromatic N) is 4. The highest BCUT2D eigenvalue weighted by Gasteiger charge is 2.21. The maximum atomic E-state index is 12.6. The van der Waals surface area contributed by atoms with Gasteiger partial charge in [-0.1, -0.05) is 29.3 Å². The smallest absolute Gasteiger partial charge is 0.284 e. The average Bonchev–Trinajstić information content (AvgIpc) is 3.06. The number of nitro groups is 1. The number of benzene rings is 2. The summed E-state index contributed by atoms with van der Waals surface area (Å²) in [5.74, 6) is -0.457. The minimum atomic E-state index is -0.533. The van der Waals surface area contributed by atoms with E-state index in [1.807, 2.05) is 0 Å². The number of carbonyl (C=O) groups excluding carboxylic acids is 1. The summed E-state index contributed by atoms with van der Waals surface area (Å²) in [5.41, 5.74) is 0.659. The van der Waals surface area contributed by atoms with Gasteiger partial charge in [0.15, 0.2) is 5.16 Å². The summed E-state index contributed by atoms with van der Waals surface area (Å²) < 4.78 is 1.65. The fourth-order valence-corrected chi connectivity index (χ4v) is 3.98. The Morgan fingerprint density at radius 1 is 1.28 bits per heavy atom. The lowest BCUT2D eigenvalue weighted by molar-refractivity contribution is -0.387. The summed E-state index contributed by atoms with van der Waals surface area (Å²) in [7, 11) is 1.74. The first-order valence-electron chi connectivity index (χ1n) is 8.32. The molecule has 1 amide bonds. The molecule has 1 N–H and O–H groups in total. The molecule has 0 spiro atoms. The van der Waals surface area contributed by atoms with Gasteiger partial charge in [-0.25, -0.2) is 0 Å². The summed E-state index contributed by atoms with van der Waals surface area (Å²) in [6, 6.07) is 8.85. The molecule has 0 aliphatic heterocycles. The van der Waals surface area contributed by atoms with Crippen molar-refractivity contribution in [3.63, 3.8) is 0 Å². The van der Waals surface area contributed by atoms with Crippen molar-refractivity contribution in [2.45, 2.75) is 23.0 Å². The molecule has 0 bridgehead atoms. The molecule has 8 nitrogen and oxygen atoms in total. The van der Waals surface area contributed by atoms with Crippen molar-refractivity contribution in [1.29, 1.82) is 0 Å². The molecule has 29 heavy (non-hydrogen) atoms. The largest absolute Gasteiger partial charge is 0.345 e. The van der Waals surface area contributed by atoms with E-state index in [0.29, 0.717) is 25.7 Å². The van der Waals surface area contributed by atoms with Crippen molar-refractivity contribution in [3.8, 4) is 0 Å². The van der Waals surface area contributed by atoms with Crippen LogP contribution in [0.3, 0.4) is 0 Å². The molecule has 1 heterocycles. The third kappa shape index (κ3) is 4.87. The van der Waals surface area contributed by atoms with Gasteiger partial charge in [0.2, 0.25) is 0 Å². The average molecular weight is 452 g/mol. The molecule has 0 saturated heterocycles. The monoisotopic (exact) mass is 451 g/mol. The van der Waals surface area contributed by atoms with Crippen molar-refractivity contribution in [2.75, 3.05) is 0 Å².